The predicted octanol–water partition coefficient (Wildman–Crippen LogP) is 1.89. The fourth-order valence-corrected chi connectivity index (χ4v) is 2.66. The van der Waals surface area contributed by atoms with E-state index in [9.17, 15) is 18.0 Å². The SMILES string of the molecule is CCCC(C=O)C(=O)c1ccccc1S(C)(=O)=O. The third kappa shape index (κ3) is 3.26. The highest BCUT2D eigenvalue weighted by molar-refractivity contribution is 7.90. The van der Waals surface area contributed by atoms with Crippen LogP contribution in [0, 0.1) is 5.92 Å². The molecule has 1 unspecified atom stereocenters. The summed E-state index contributed by atoms with van der Waals surface area (Å²) < 4.78 is 23.2. The van der Waals surface area contributed by atoms with Crippen molar-refractivity contribution in [2.24, 2.45) is 5.92 Å². The molecule has 0 saturated heterocycles. The van der Waals surface area contributed by atoms with Crippen molar-refractivity contribution in [3.63, 3.8) is 0 Å². The van der Waals surface area contributed by atoms with E-state index in [2.05, 4.69) is 0 Å². The first-order valence-electron chi connectivity index (χ1n) is 5.70. The number of rotatable bonds is 6. The molecule has 5 heteroatoms. The highest BCUT2D eigenvalue weighted by Crippen LogP contribution is 2.20. The Balaban J connectivity index is 3.25. The first kappa shape index (κ1) is 14.6. The Bertz CT molecular complexity index is 546. The van der Waals surface area contributed by atoms with Crippen molar-refractivity contribution in [3.8, 4) is 0 Å². The first-order valence-corrected chi connectivity index (χ1v) is 7.59. The van der Waals surface area contributed by atoms with Gasteiger partial charge in [0.2, 0.25) is 0 Å². The molecule has 0 radical (unpaired) electrons. The molecule has 0 heterocycles. The molecule has 98 valence electrons. The van der Waals surface area contributed by atoms with Gasteiger partial charge in [0.05, 0.1) is 10.8 Å². The minimum Gasteiger partial charge on any atom is -0.303 e. The molecule has 1 aromatic carbocycles. The summed E-state index contributed by atoms with van der Waals surface area (Å²) in [5, 5.41) is 0. The van der Waals surface area contributed by atoms with E-state index in [1.807, 2.05) is 6.92 Å². The summed E-state index contributed by atoms with van der Waals surface area (Å²) in [6.45, 7) is 1.87. The van der Waals surface area contributed by atoms with E-state index in [0.717, 1.165) is 6.26 Å². The topological polar surface area (TPSA) is 68.3 Å². The second-order valence-electron chi connectivity index (χ2n) is 4.16. The maximum absolute atomic E-state index is 12.1. The molecule has 0 aliphatic rings. The minimum absolute atomic E-state index is 0.0158. The van der Waals surface area contributed by atoms with Gasteiger partial charge in [-0.25, -0.2) is 8.42 Å². The fourth-order valence-electron chi connectivity index (χ4n) is 1.77. The summed E-state index contributed by atoms with van der Waals surface area (Å²) in [7, 11) is -3.47. The Morgan fingerprint density at radius 1 is 1.33 bits per heavy atom. The molecule has 0 bridgehead atoms. The van der Waals surface area contributed by atoms with Crippen molar-refractivity contribution in [1.29, 1.82) is 0 Å². The maximum atomic E-state index is 12.1. The molecule has 1 rings (SSSR count). The number of sulfone groups is 1. The van der Waals surface area contributed by atoms with Crippen LogP contribution < -0.4 is 0 Å². The van der Waals surface area contributed by atoms with Crippen LogP contribution in [0.3, 0.4) is 0 Å². The summed E-state index contributed by atoms with van der Waals surface area (Å²) in [5.74, 6) is -1.19. The smallest absolute Gasteiger partial charge is 0.176 e. The molecule has 0 amide bonds. The van der Waals surface area contributed by atoms with Gasteiger partial charge in [0, 0.05) is 11.8 Å². The third-order valence-corrected chi connectivity index (χ3v) is 3.81. The first-order chi connectivity index (χ1) is 8.41. The molecule has 0 fully saturated rings. The summed E-state index contributed by atoms with van der Waals surface area (Å²) in [5.41, 5.74) is 0.102. The van der Waals surface area contributed by atoms with Gasteiger partial charge < -0.3 is 4.79 Å². The monoisotopic (exact) mass is 268 g/mol. The number of Topliss-reactive ketones (excluding diaryl/α,β-unsaturated/α-hetero) is 1. The molecule has 0 spiro atoms. The van der Waals surface area contributed by atoms with Gasteiger partial charge in [0.25, 0.3) is 0 Å². The van der Waals surface area contributed by atoms with Gasteiger partial charge in [-0.1, -0.05) is 31.5 Å². The van der Waals surface area contributed by atoms with Crippen LogP contribution in [0.2, 0.25) is 0 Å². The van der Waals surface area contributed by atoms with Crippen LogP contribution in [0.15, 0.2) is 29.2 Å². The molecular weight excluding hydrogens is 252 g/mol. The predicted molar refractivity (Wildman–Crippen MR) is 68.3 cm³/mol. The summed E-state index contributed by atoms with van der Waals surface area (Å²) in [6, 6.07) is 5.99. The molecule has 18 heavy (non-hydrogen) atoms. The maximum Gasteiger partial charge on any atom is 0.176 e. The van der Waals surface area contributed by atoms with Crippen LogP contribution in [0.1, 0.15) is 30.1 Å². The van der Waals surface area contributed by atoms with Gasteiger partial charge in [-0.15, -0.1) is 0 Å². The van der Waals surface area contributed by atoms with Crippen molar-refractivity contribution in [3.05, 3.63) is 29.8 Å². The van der Waals surface area contributed by atoms with Gasteiger partial charge in [-0.3, -0.25) is 4.79 Å². The molecule has 4 nitrogen and oxygen atoms in total. The quantitative estimate of drug-likeness (QED) is 0.449. The average Bonchev–Trinajstić information content (AvgIpc) is 2.34. The normalized spacial score (nSPS) is 13.0. The zero-order chi connectivity index (χ0) is 13.8. The molecule has 0 aliphatic carbocycles. The van der Waals surface area contributed by atoms with Gasteiger partial charge in [-0.2, -0.15) is 0 Å². The Kier molecular flexibility index (Phi) is 4.78. The van der Waals surface area contributed by atoms with E-state index in [-0.39, 0.29) is 10.5 Å². The fraction of sp³-hybridized carbons (Fsp3) is 0.385. The standard InChI is InChI=1S/C13H16O4S/c1-3-6-10(9-14)13(15)11-7-4-5-8-12(11)18(2,16)17/h4-5,7-10H,3,6H2,1-2H3. The highest BCUT2D eigenvalue weighted by Gasteiger charge is 2.24. The van der Waals surface area contributed by atoms with Crippen LogP contribution in [-0.2, 0) is 14.6 Å². The lowest BCUT2D eigenvalue weighted by Crippen LogP contribution is -2.18. The number of carbonyl (C=O) groups excluding carboxylic acids is 2. The van der Waals surface area contributed by atoms with Crippen molar-refractivity contribution in [2.45, 2.75) is 24.7 Å². The number of hydrogen-bond donors (Lipinski definition) is 0. The highest BCUT2D eigenvalue weighted by atomic mass is 32.2. The molecular formula is C13H16O4S. The van der Waals surface area contributed by atoms with Crippen molar-refractivity contribution in [2.75, 3.05) is 6.26 Å². The lowest BCUT2D eigenvalue weighted by atomic mass is 9.95. The van der Waals surface area contributed by atoms with Gasteiger partial charge >= 0.3 is 0 Å². The lowest BCUT2D eigenvalue weighted by molar-refractivity contribution is -0.110. The number of aldehydes is 1. The summed E-state index contributed by atoms with van der Waals surface area (Å²) >= 11 is 0. The van der Waals surface area contributed by atoms with E-state index in [4.69, 9.17) is 0 Å². The Morgan fingerprint density at radius 2 is 1.94 bits per heavy atom. The largest absolute Gasteiger partial charge is 0.303 e. The average molecular weight is 268 g/mol. The zero-order valence-electron chi connectivity index (χ0n) is 10.4. The van der Waals surface area contributed by atoms with Crippen molar-refractivity contribution >= 4 is 21.9 Å². The number of ketones is 1. The van der Waals surface area contributed by atoms with Crippen molar-refractivity contribution < 1.29 is 18.0 Å². The van der Waals surface area contributed by atoms with Crippen molar-refractivity contribution in [1.82, 2.24) is 0 Å². The summed E-state index contributed by atoms with van der Waals surface area (Å²) in [4.78, 5) is 23.0. The molecule has 0 aliphatic heterocycles. The van der Waals surface area contributed by atoms with Gasteiger partial charge in [0.1, 0.15) is 6.29 Å². The second-order valence-corrected chi connectivity index (χ2v) is 6.15. The van der Waals surface area contributed by atoms with Crippen LogP contribution >= 0.6 is 0 Å². The van der Waals surface area contributed by atoms with E-state index < -0.39 is 21.5 Å². The van der Waals surface area contributed by atoms with Crippen LogP contribution in [-0.4, -0.2) is 26.7 Å². The Morgan fingerprint density at radius 3 is 2.44 bits per heavy atom. The third-order valence-electron chi connectivity index (χ3n) is 2.65. The molecule has 1 aromatic rings. The van der Waals surface area contributed by atoms with E-state index in [1.165, 1.54) is 12.1 Å². The molecule has 0 saturated carbocycles. The Labute approximate surface area is 107 Å². The van der Waals surface area contributed by atoms with E-state index in [1.54, 1.807) is 12.1 Å². The lowest BCUT2D eigenvalue weighted by Gasteiger charge is -2.11. The number of hydrogen-bond acceptors (Lipinski definition) is 4. The molecule has 0 N–H and O–H groups in total. The van der Waals surface area contributed by atoms with Crippen LogP contribution in [0.5, 0.6) is 0 Å². The minimum atomic E-state index is -3.47. The number of carbonyl (C=O) groups is 2. The van der Waals surface area contributed by atoms with E-state index in [0.29, 0.717) is 19.1 Å². The van der Waals surface area contributed by atoms with Gasteiger partial charge in [-0.05, 0) is 12.5 Å². The molecule has 1 atom stereocenters. The van der Waals surface area contributed by atoms with Gasteiger partial charge in [0.15, 0.2) is 15.6 Å². The zero-order valence-corrected chi connectivity index (χ0v) is 11.2. The van der Waals surface area contributed by atoms with E-state index >= 15 is 0 Å². The van der Waals surface area contributed by atoms with Crippen LogP contribution in [0.25, 0.3) is 0 Å². The summed E-state index contributed by atoms with van der Waals surface area (Å²) in [6.07, 6.45) is 2.76. The Hall–Kier alpha value is -1.49. The number of benzene rings is 1. The van der Waals surface area contributed by atoms with Crippen LogP contribution in [0.4, 0.5) is 0 Å². The second kappa shape index (κ2) is 5.91. The molecule has 0 aromatic heterocycles.